The first-order chi connectivity index (χ1) is 9.69. The lowest BCUT2D eigenvalue weighted by Crippen LogP contribution is -1.95. The number of furan rings is 1. The number of aromatic nitrogens is 2. The molecule has 0 aliphatic carbocycles. The van der Waals surface area contributed by atoms with E-state index in [0.29, 0.717) is 16.3 Å². The average Bonchev–Trinajstić information content (AvgIpc) is 3.09. The van der Waals surface area contributed by atoms with Crippen molar-refractivity contribution in [3.63, 3.8) is 0 Å². The molecule has 2 aromatic heterocycles. The highest BCUT2D eigenvalue weighted by molar-refractivity contribution is 6.31. The number of carbonyl (C=O) groups is 1. The number of hydrogen-bond acceptors (Lipinski definition) is 3. The Balaban J connectivity index is 2.11. The highest BCUT2D eigenvalue weighted by Gasteiger charge is 2.13. The fourth-order valence-corrected chi connectivity index (χ4v) is 2.13. The van der Waals surface area contributed by atoms with Crippen LogP contribution in [0.3, 0.4) is 0 Å². The van der Waals surface area contributed by atoms with Gasteiger partial charge in [0, 0.05) is 16.8 Å². The van der Waals surface area contributed by atoms with E-state index in [1.54, 1.807) is 29.5 Å². The molecule has 0 fully saturated rings. The van der Waals surface area contributed by atoms with Gasteiger partial charge in [-0.15, -0.1) is 0 Å². The Morgan fingerprint density at radius 2 is 2.20 bits per heavy atom. The van der Waals surface area contributed by atoms with Gasteiger partial charge in [0.05, 0.1) is 23.8 Å². The largest absolute Gasteiger partial charge is 0.472 e. The van der Waals surface area contributed by atoms with Crippen LogP contribution in [0, 0.1) is 6.92 Å². The number of carbonyl (C=O) groups excluding carboxylic acids is 1. The van der Waals surface area contributed by atoms with Crippen LogP contribution in [0.5, 0.6) is 0 Å². The van der Waals surface area contributed by atoms with E-state index < -0.39 is 0 Å². The van der Waals surface area contributed by atoms with Gasteiger partial charge in [-0.1, -0.05) is 17.7 Å². The molecule has 0 atom stereocenters. The number of aryl methyl sites for hydroxylation is 1. The molecule has 4 nitrogen and oxygen atoms in total. The Bertz CT molecular complexity index is 760. The number of benzene rings is 1. The van der Waals surface area contributed by atoms with Crippen LogP contribution in [0.1, 0.15) is 15.9 Å². The molecule has 3 rings (SSSR count). The van der Waals surface area contributed by atoms with Gasteiger partial charge in [0.1, 0.15) is 5.69 Å². The van der Waals surface area contributed by atoms with Gasteiger partial charge in [0.25, 0.3) is 0 Å². The van der Waals surface area contributed by atoms with Crippen LogP contribution in [0.15, 0.2) is 47.4 Å². The summed E-state index contributed by atoms with van der Waals surface area (Å²) in [6, 6.07) is 7.40. The van der Waals surface area contributed by atoms with Crippen molar-refractivity contribution in [1.82, 2.24) is 9.78 Å². The second-order valence-electron chi connectivity index (χ2n) is 4.44. The Morgan fingerprint density at radius 1 is 1.35 bits per heavy atom. The first kappa shape index (κ1) is 12.7. The second-order valence-corrected chi connectivity index (χ2v) is 4.85. The molecule has 0 radical (unpaired) electrons. The average molecular weight is 287 g/mol. The second kappa shape index (κ2) is 4.98. The molecule has 100 valence electrons. The molecule has 20 heavy (non-hydrogen) atoms. The third kappa shape index (κ3) is 2.14. The molecule has 2 heterocycles. The van der Waals surface area contributed by atoms with Gasteiger partial charge < -0.3 is 4.42 Å². The van der Waals surface area contributed by atoms with Crippen LogP contribution in [0.4, 0.5) is 0 Å². The Labute approximate surface area is 120 Å². The molecule has 0 spiro atoms. The fraction of sp³-hybridized carbons (Fsp3) is 0.0667. The number of halogens is 1. The van der Waals surface area contributed by atoms with Crippen molar-refractivity contribution in [1.29, 1.82) is 0 Å². The maximum absolute atomic E-state index is 11.2. The van der Waals surface area contributed by atoms with Gasteiger partial charge in [0.15, 0.2) is 6.29 Å². The summed E-state index contributed by atoms with van der Waals surface area (Å²) in [7, 11) is 0. The molecule has 1 aromatic carbocycles. The first-order valence-corrected chi connectivity index (χ1v) is 6.41. The zero-order chi connectivity index (χ0) is 14.1. The number of rotatable bonds is 3. The monoisotopic (exact) mass is 286 g/mol. The van der Waals surface area contributed by atoms with Crippen LogP contribution in [-0.2, 0) is 0 Å². The van der Waals surface area contributed by atoms with E-state index in [-0.39, 0.29) is 0 Å². The molecule has 0 saturated carbocycles. The lowest BCUT2D eigenvalue weighted by Gasteiger charge is -2.03. The van der Waals surface area contributed by atoms with Crippen molar-refractivity contribution in [2.45, 2.75) is 6.92 Å². The highest BCUT2D eigenvalue weighted by atomic mass is 35.5. The van der Waals surface area contributed by atoms with Crippen LogP contribution in [-0.4, -0.2) is 16.1 Å². The number of aldehydes is 1. The summed E-state index contributed by atoms with van der Waals surface area (Å²) in [5, 5.41) is 5.09. The smallest absolute Gasteiger partial charge is 0.153 e. The molecule has 0 aliphatic rings. The summed E-state index contributed by atoms with van der Waals surface area (Å²) in [4.78, 5) is 11.2. The van der Waals surface area contributed by atoms with Crippen molar-refractivity contribution >= 4 is 17.9 Å². The minimum absolute atomic E-state index is 0.503. The van der Waals surface area contributed by atoms with Gasteiger partial charge in [-0.25, -0.2) is 4.68 Å². The molecule has 0 saturated heterocycles. The van der Waals surface area contributed by atoms with E-state index in [2.05, 4.69) is 5.10 Å². The predicted octanol–water partition coefficient (Wildman–Crippen LogP) is 3.91. The summed E-state index contributed by atoms with van der Waals surface area (Å²) >= 11 is 6.12. The Hall–Kier alpha value is -2.33. The lowest BCUT2D eigenvalue weighted by molar-refractivity contribution is 0.112. The minimum Gasteiger partial charge on any atom is -0.472 e. The number of hydrogen-bond donors (Lipinski definition) is 0. The molecule has 0 bridgehead atoms. The van der Waals surface area contributed by atoms with Gasteiger partial charge in [-0.2, -0.15) is 5.10 Å². The van der Waals surface area contributed by atoms with E-state index in [9.17, 15) is 4.79 Å². The standard InChI is InChI=1S/C15H11ClN2O2/c1-10-2-3-13(6-14(10)16)18-7-12(8-19)15(17-18)11-4-5-20-9-11/h2-9H,1H3. The van der Waals surface area contributed by atoms with Crippen LogP contribution < -0.4 is 0 Å². The highest BCUT2D eigenvalue weighted by Crippen LogP contribution is 2.24. The van der Waals surface area contributed by atoms with Crippen LogP contribution in [0.2, 0.25) is 5.02 Å². The summed E-state index contributed by atoms with van der Waals surface area (Å²) < 4.78 is 6.67. The third-order valence-electron chi connectivity index (χ3n) is 3.08. The minimum atomic E-state index is 0.503. The van der Waals surface area contributed by atoms with Gasteiger partial charge in [-0.3, -0.25) is 4.79 Å². The SMILES string of the molecule is Cc1ccc(-n2cc(C=O)c(-c3ccoc3)n2)cc1Cl. The van der Waals surface area contributed by atoms with E-state index in [1.165, 1.54) is 0 Å². The van der Waals surface area contributed by atoms with E-state index >= 15 is 0 Å². The number of nitrogens with zero attached hydrogens (tertiary/aromatic N) is 2. The van der Waals surface area contributed by atoms with Gasteiger partial charge >= 0.3 is 0 Å². The molecule has 5 heteroatoms. The molecular formula is C15H11ClN2O2. The third-order valence-corrected chi connectivity index (χ3v) is 3.49. The molecule has 0 aliphatic heterocycles. The van der Waals surface area contributed by atoms with Crippen molar-refractivity contribution in [2.24, 2.45) is 0 Å². The van der Waals surface area contributed by atoms with E-state index in [4.69, 9.17) is 16.0 Å². The zero-order valence-corrected chi connectivity index (χ0v) is 11.5. The Kier molecular flexibility index (Phi) is 3.16. The maximum atomic E-state index is 11.2. The van der Waals surface area contributed by atoms with Crippen molar-refractivity contribution in [2.75, 3.05) is 0 Å². The molecule has 0 amide bonds. The zero-order valence-electron chi connectivity index (χ0n) is 10.7. The predicted molar refractivity (Wildman–Crippen MR) is 76.4 cm³/mol. The molecule has 0 unspecified atom stereocenters. The molecule has 3 aromatic rings. The van der Waals surface area contributed by atoms with Crippen LogP contribution in [0.25, 0.3) is 16.9 Å². The van der Waals surface area contributed by atoms with Crippen molar-refractivity contribution < 1.29 is 9.21 Å². The van der Waals surface area contributed by atoms with Gasteiger partial charge in [0.2, 0.25) is 0 Å². The topological polar surface area (TPSA) is 48.0 Å². The van der Waals surface area contributed by atoms with E-state index in [1.807, 2.05) is 25.1 Å². The maximum Gasteiger partial charge on any atom is 0.153 e. The first-order valence-electron chi connectivity index (χ1n) is 6.03. The molecule has 0 N–H and O–H groups in total. The lowest BCUT2D eigenvalue weighted by atomic mass is 10.2. The van der Waals surface area contributed by atoms with Crippen LogP contribution >= 0.6 is 11.6 Å². The normalized spacial score (nSPS) is 10.7. The fourth-order valence-electron chi connectivity index (χ4n) is 1.95. The summed E-state index contributed by atoms with van der Waals surface area (Å²) in [6.45, 7) is 1.93. The Morgan fingerprint density at radius 3 is 2.85 bits per heavy atom. The van der Waals surface area contributed by atoms with Crippen molar-refractivity contribution in [3.8, 4) is 16.9 Å². The molecular weight excluding hydrogens is 276 g/mol. The summed E-state index contributed by atoms with van der Waals surface area (Å²) in [5.41, 5.74) is 3.66. The van der Waals surface area contributed by atoms with Crippen molar-refractivity contribution in [3.05, 3.63) is 59.1 Å². The van der Waals surface area contributed by atoms with Gasteiger partial charge in [-0.05, 0) is 30.7 Å². The summed E-state index contributed by atoms with van der Waals surface area (Å²) in [5.74, 6) is 0. The summed E-state index contributed by atoms with van der Waals surface area (Å²) in [6.07, 6.45) is 5.56. The van der Waals surface area contributed by atoms with E-state index in [0.717, 1.165) is 23.1 Å². The quantitative estimate of drug-likeness (QED) is 0.686.